The third kappa shape index (κ3) is 2.85. The molecule has 0 saturated heterocycles. The average Bonchev–Trinajstić information content (AvgIpc) is 3.18. The number of hydrogen-bond acceptors (Lipinski definition) is 3. The fourth-order valence-electron chi connectivity index (χ4n) is 2.24. The van der Waals surface area contributed by atoms with Crippen LogP contribution in [0.15, 0.2) is 47.1 Å². The standard InChI is InChI=1S/C16H17NO3/c18-15-6-2-1-4-13(15)10-17(16(19)12-7-8-12)11-14-5-3-9-20-14/h1-6,9,12,18H,7-8,10-11H2. The normalized spacial score (nSPS) is 14.2. The van der Waals surface area contributed by atoms with E-state index >= 15 is 0 Å². The van der Waals surface area contributed by atoms with Crippen LogP contribution in [-0.4, -0.2) is 15.9 Å². The molecule has 1 amide bonds. The highest BCUT2D eigenvalue weighted by molar-refractivity contribution is 5.81. The second-order valence-electron chi connectivity index (χ2n) is 5.18. The molecule has 1 N–H and O–H groups in total. The van der Waals surface area contributed by atoms with E-state index < -0.39 is 0 Å². The Morgan fingerprint density at radius 1 is 1.20 bits per heavy atom. The zero-order chi connectivity index (χ0) is 13.9. The van der Waals surface area contributed by atoms with Gasteiger partial charge in [-0.25, -0.2) is 0 Å². The summed E-state index contributed by atoms with van der Waals surface area (Å²) < 4.78 is 5.33. The van der Waals surface area contributed by atoms with E-state index in [1.165, 1.54) is 0 Å². The molecule has 3 rings (SSSR count). The van der Waals surface area contributed by atoms with Crippen molar-refractivity contribution in [2.24, 2.45) is 5.92 Å². The Kier molecular flexibility index (Phi) is 3.46. The lowest BCUT2D eigenvalue weighted by atomic mass is 10.1. The maximum atomic E-state index is 12.4. The van der Waals surface area contributed by atoms with Crippen LogP contribution < -0.4 is 0 Å². The molecule has 0 atom stereocenters. The Balaban J connectivity index is 1.78. The molecule has 2 aromatic rings. The summed E-state index contributed by atoms with van der Waals surface area (Å²) in [6.07, 6.45) is 3.54. The van der Waals surface area contributed by atoms with E-state index in [1.807, 2.05) is 24.3 Å². The number of carbonyl (C=O) groups is 1. The van der Waals surface area contributed by atoms with E-state index in [4.69, 9.17) is 4.42 Å². The van der Waals surface area contributed by atoms with Gasteiger partial charge < -0.3 is 14.4 Å². The lowest BCUT2D eigenvalue weighted by Gasteiger charge is -2.22. The first-order valence-corrected chi connectivity index (χ1v) is 6.82. The number of amides is 1. The first kappa shape index (κ1) is 12.8. The summed E-state index contributed by atoms with van der Waals surface area (Å²) in [5.74, 6) is 1.27. The molecule has 20 heavy (non-hydrogen) atoms. The van der Waals surface area contributed by atoms with Gasteiger partial charge in [0, 0.05) is 18.0 Å². The van der Waals surface area contributed by atoms with E-state index in [1.54, 1.807) is 23.3 Å². The lowest BCUT2D eigenvalue weighted by Crippen LogP contribution is -2.31. The molecule has 0 aliphatic heterocycles. The van der Waals surface area contributed by atoms with Gasteiger partial charge in [-0.3, -0.25) is 4.79 Å². The fourth-order valence-corrected chi connectivity index (χ4v) is 2.24. The van der Waals surface area contributed by atoms with Gasteiger partial charge in [-0.1, -0.05) is 18.2 Å². The van der Waals surface area contributed by atoms with Gasteiger partial charge in [0.15, 0.2) is 0 Å². The Bertz CT molecular complexity index is 588. The van der Waals surface area contributed by atoms with E-state index in [-0.39, 0.29) is 17.6 Å². The highest BCUT2D eigenvalue weighted by Gasteiger charge is 2.33. The van der Waals surface area contributed by atoms with Crippen LogP contribution in [0.3, 0.4) is 0 Å². The Morgan fingerprint density at radius 3 is 2.65 bits per heavy atom. The van der Waals surface area contributed by atoms with Crippen LogP contribution in [0, 0.1) is 5.92 Å². The minimum absolute atomic E-state index is 0.143. The topological polar surface area (TPSA) is 53.7 Å². The van der Waals surface area contributed by atoms with Crippen molar-refractivity contribution in [2.45, 2.75) is 25.9 Å². The van der Waals surface area contributed by atoms with E-state index in [9.17, 15) is 9.90 Å². The van der Waals surface area contributed by atoms with Crippen LogP contribution >= 0.6 is 0 Å². The van der Waals surface area contributed by atoms with Crippen molar-refractivity contribution in [3.8, 4) is 5.75 Å². The molecule has 4 nitrogen and oxygen atoms in total. The van der Waals surface area contributed by atoms with E-state index in [0.717, 1.165) is 24.2 Å². The molecule has 1 aromatic carbocycles. The number of benzene rings is 1. The van der Waals surface area contributed by atoms with Crippen molar-refractivity contribution >= 4 is 5.91 Å². The summed E-state index contributed by atoms with van der Waals surface area (Å²) in [5, 5.41) is 9.86. The van der Waals surface area contributed by atoms with Gasteiger partial charge in [-0.15, -0.1) is 0 Å². The van der Waals surface area contributed by atoms with E-state index in [2.05, 4.69) is 0 Å². The highest BCUT2D eigenvalue weighted by atomic mass is 16.3. The molecule has 1 saturated carbocycles. The molecule has 1 aliphatic carbocycles. The minimum Gasteiger partial charge on any atom is -0.508 e. The van der Waals surface area contributed by atoms with E-state index in [0.29, 0.717) is 13.1 Å². The van der Waals surface area contributed by atoms with Crippen LogP contribution in [0.5, 0.6) is 5.75 Å². The van der Waals surface area contributed by atoms with Crippen molar-refractivity contribution in [2.75, 3.05) is 0 Å². The second kappa shape index (κ2) is 5.41. The number of para-hydroxylation sites is 1. The van der Waals surface area contributed by atoms with Gasteiger partial charge >= 0.3 is 0 Å². The first-order chi connectivity index (χ1) is 9.74. The zero-order valence-corrected chi connectivity index (χ0v) is 11.2. The molecule has 104 valence electrons. The number of aromatic hydroxyl groups is 1. The summed E-state index contributed by atoms with van der Waals surface area (Å²) in [5.41, 5.74) is 0.757. The van der Waals surface area contributed by atoms with Crippen molar-refractivity contribution in [3.05, 3.63) is 54.0 Å². The third-order valence-electron chi connectivity index (χ3n) is 3.52. The number of nitrogens with zero attached hydrogens (tertiary/aromatic N) is 1. The molecule has 1 heterocycles. The van der Waals surface area contributed by atoms with Crippen LogP contribution in [0.1, 0.15) is 24.2 Å². The van der Waals surface area contributed by atoms with Crippen LogP contribution in [0.25, 0.3) is 0 Å². The molecule has 1 aromatic heterocycles. The van der Waals surface area contributed by atoms with Gasteiger partial charge in [-0.2, -0.15) is 0 Å². The van der Waals surface area contributed by atoms with Crippen LogP contribution in [-0.2, 0) is 17.9 Å². The fraction of sp³-hybridized carbons (Fsp3) is 0.312. The molecule has 1 fully saturated rings. The highest BCUT2D eigenvalue weighted by Crippen LogP contribution is 2.32. The van der Waals surface area contributed by atoms with Gasteiger partial charge in [0.05, 0.1) is 12.8 Å². The minimum atomic E-state index is 0.143. The zero-order valence-electron chi connectivity index (χ0n) is 11.2. The Morgan fingerprint density at radius 2 is 2.00 bits per heavy atom. The van der Waals surface area contributed by atoms with Gasteiger partial charge in [-0.05, 0) is 31.0 Å². The molecule has 0 unspecified atom stereocenters. The molecule has 0 bridgehead atoms. The summed E-state index contributed by atoms with van der Waals surface area (Å²) >= 11 is 0. The maximum Gasteiger partial charge on any atom is 0.226 e. The van der Waals surface area contributed by atoms with Crippen molar-refractivity contribution in [1.82, 2.24) is 4.90 Å². The Labute approximate surface area is 117 Å². The molecule has 0 radical (unpaired) electrons. The molecule has 1 aliphatic rings. The lowest BCUT2D eigenvalue weighted by molar-refractivity contribution is -0.134. The third-order valence-corrected chi connectivity index (χ3v) is 3.52. The predicted octanol–water partition coefficient (Wildman–Crippen LogP) is 2.92. The van der Waals surface area contributed by atoms with Gasteiger partial charge in [0.2, 0.25) is 5.91 Å². The number of hydrogen-bond donors (Lipinski definition) is 1. The quantitative estimate of drug-likeness (QED) is 0.909. The maximum absolute atomic E-state index is 12.4. The first-order valence-electron chi connectivity index (χ1n) is 6.82. The summed E-state index contributed by atoms with van der Waals surface area (Å²) in [6.45, 7) is 0.847. The average molecular weight is 271 g/mol. The summed E-state index contributed by atoms with van der Waals surface area (Å²) in [7, 11) is 0. The van der Waals surface area contributed by atoms with Crippen molar-refractivity contribution < 1.29 is 14.3 Å². The van der Waals surface area contributed by atoms with Crippen molar-refractivity contribution in [3.63, 3.8) is 0 Å². The smallest absolute Gasteiger partial charge is 0.226 e. The molecule has 0 spiro atoms. The van der Waals surface area contributed by atoms with Crippen molar-refractivity contribution in [1.29, 1.82) is 0 Å². The second-order valence-corrected chi connectivity index (χ2v) is 5.18. The number of rotatable bonds is 5. The molecular formula is C16H17NO3. The van der Waals surface area contributed by atoms with Crippen LogP contribution in [0.2, 0.25) is 0 Å². The largest absolute Gasteiger partial charge is 0.508 e. The summed E-state index contributed by atoms with van der Waals surface area (Å²) in [6, 6.07) is 10.8. The molecule has 4 heteroatoms. The van der Waals surface area contributed by atoms with Gasteiger partial charge in [0.25, 0.3) is 0 Å². The summed E-state index contributed by atoms with van der Waals surface area (Å²) in [4.78, 5) is 14.1. The number of phenolic OH excluding ortho intramolecular Hbond substituents is 1. The Hall–Kier alpha value is -2.23. The van der Waals surface area contributed by atoms with Crippen LogP contribution in [0.4, 0.5) is 0 Å². The monoisotopic (exact) mass is 271 g/mol. The predicted molar refractivity (Wildman–Crippen MR) is 73.8 cm³/mol. The number of phenols is 1. The number of furan rings is 1. The molecular weight excluding hydrogens is 254 g/mol. The van der Waals surface area contributed by atoms with Gasteiger partial charge in [0.1, 0.15) is 11.5 Å². The number of carbonyl (C=O) groups excluding carboxylic acids is 1. The SMILES string of the molecule is O=C(C1CC1)N(Cc1ccco1)Cc1ccccc1O.